The van der Waals surface area contributed by atoms with E-state index in [1.165, 1.54) is 6.92 Å². The van der Waals surface area contributed by atoms with Crippen LogP contribution in [0.3, 0.4) is 0 Å². The van der Waals surface area contributed by atoms with E-state index in [1.807, 2.05) is 18.2 Å². The van der Waals surface area contributed by atoms with Crippen LogP contribution in [0.2, 0.25) is 0 Å². The predicted molar refractivity (Wildman–Crippen MR) is 89.8 cm³/mol. The standard InChI is InChI=1S/C17H18BrF3N2O/c1-9(8-17(19,20)21)16(24)22-11-3-5-15-13(7-11)12-6-10(18)2-4-14(12)23-15/h2,4,6,9,11,23H,3,5,7-8H2,1H3,(H,22,24). The number of aromatic amines is 1. The minimum atomic E-state index is -4.32. The van der Waals surface area contributed by atoms with Crippen LogP contribution in [-0.4, -0.2) is 23.1 Å². The van der Waals surface area contributed by atoms with Gasteiger partial charge in [-0.1, -0.05) is 22.9 Å². The minimum Gasteiger partial charge on any atom is -0.358 e. The van der Waals surface area contributed by atoms with Crippen molar-refractivity contribution in [3.05, 3.63) is 33.9 Å². The van der Waals surface area contributed by atoms with Gasteiger partial charge in [-0.25, -0.2) is 0 Å². The summed E-state index contributed by atoms with van der Waals surface area (Å²) in [5.74, 6) is -1.59. The molecule has 0 saturated heterocycles. The fourth-order valence-electron chi connectivity index (χ4n) is 3.30. The molecule has 1 aromatic heterocycles. The average Bonchev–Trinajstić information content (AvgIpc) is 2.83. The highest BCUT2D eigenvalue weighted by atomic mass is 79.9. The number of H-pyrrole nitrogens is 1. The van der Waals surface area contributed by atoms with Crippen LogP contribution in [0.1, 0.15) is 31.0 Å². The zero-order chi connectivity index (χ0) is 17.5. The molecule has 3 rings (SSSR count). The number of nitrogens with one attached hydrogen (secondary N) is 2. The Labute approximate surface area is 146 Å². The Kier molecular flexibility index (Phi) is 4.64. The summed E-state index contributed by atoms with van der Waals surface area (Å²) in [6.45, 7) is 1.32. The van der Waals surface area contributed by atoms with Crippen LogP contribution in [0.4, 0.5) is 13.2 Å². The Morgan fingerprint density at radius 3 is 2.92 bits per heavy atom. The van der Waals surface area contributed by atoms with Crippen LogP contribution in [0, 0.1) is 5.92 Å². The van der Waals surface area contributed by atoms with Crippen molar-refractivity contribution in [1.29, 1.82) is 0 Å². The highest BCUT2D eigenvalue weighted by molar-refractivity contribution is 9.10. The molecular formula is C17H18BrF3N2O. The normalized spacial score (nSPS) is 19.1. The summed E-state index contributed by atoms with van der Waals surface area (Å²) in [5, 5.41) is 3.89. The molecule has 7 heteroatoms. The molecule has 0 aliphatic heterocycles. The molecule has 0 fully saturated rings. The molecule has 0 bridgehead atoms. The lowest BCUT2D eigenvalue weighted by atomic mass is 9.91. The molecule has 2 aromatic rings. The maximum atomic E-state index is 12.4. The molecule has 1 aromatic carbocycles. The van der Waals surface area contributed by atoms with Gasteiger partial charge in [0.15, 0.2) is 0 Å². The van der Waals surface area contributed by atoms with Gasteiger partial charge in [0.05, 0.1) is 6.42 Å². The van der Waals surface area contributed by atoms with E-state index < -0.39 is 24.4 Å². The van der Waals surface area contributed by atoms with Crippen molar-refractivity contribution < 1.29 is 18.0 Å². The first kappa shape index (κ1) is 17.3. The van der Waals surface area contributed by atoms with Gasteiger partial charge in [-0.2, -0.15) is 13.2 Å². The molecule has 1 heterocycles. The van der Waals surface area contributed by atoms with Gasteiger partial charge in [0, 0.05) is 33.0 Å². The third kappa shape index (κ3) is 3.77. The highest BCUT2D eigenvalue weighted by Gasteiger charge is 2.34. The molecule has 0 spiro atoms. The van der Waals surface area contributed by atoms with Crippen LogP contribution in [0.15, 0.2) is 22.7 Å². The lowest BCUT2D eigenvalue weighted by Gasteiger charge is -2.25. The Bertz CT molecular complexity index is 769. The quantitative estimate of drug-likeness (QED) is 0.780. The van der Waals surface area contributed by atoms with Crippen molar-refractivity contribution in [3.63, 3.8) is 0 Å². The first-order valence-corrected chi connectivity index (χ1v) is 8.68. The van der Waals surface area contributed by atoms with E-state index in [2.05, 4.69) is 26.2 Å². The number of aryl methyl sites for hydroxylation is 1. The summed E-state index contributed by atoms with van der Waals surface area (Å²) < 4.78 is 38.2. The van der Waals surface area contributed by atoms with Gasteiger partial charge in [-0.15, -0.1) is 0 Å². The second-order valence-corrected chi connectivity index (χ2v) is 7.36. The number of carbonyl (C=O) groups is 1. The first-order valence-electron chi connectivity index (χ1n) is 7.89. The number of aromatic nitrogens is 1. The number of carbonyl (C=O) groups excluding carboxylic acids is 1. The minimum absolute atomic E-state index is 0.126. The summed E-state index contributed by atoms with van der Waals surface area (Å²) >= 11 is 3.46. The number of rotatable bonds is 3. The van der Waals surface area contributed by atoms with E-state index in [-0.39, 0.29) is 6.04 Å². The number of alkyl halides is 3. The zero-order valence-corrected chi connectivity index (χ0v) is 14.7. The molecule has 3 nitrogen and oxygen atoms in total. The number of fused-ring (bicyclic) bond motifs is 3. The maximum absolute atomic E-state index is 12.4. The summed E-state index contributed by atoms with van der Waals surface area (Å²) in [6, 6.07) is 5.86. The molecule has 130 valence electrons. The van der Waals surface area contributed by atoms with Gasteiger partial charge < -0.3 is 10.3 Å². The highest BCUT2D eigenvalue weighted by Crippen LogP contribution is 2.31. The predicted octanol–water partition coefficient (Wildman–Crippen LogP) is 4.49. The Morgan fingerprint density at radius 2 is 2.21 bits per heavy atom. The number of halogens is 4. The van der Waals surface area contributed by atoms with Crippen LogP contribution in [0.5, 0.6) is 0 Å². The van der Waals surface area contributed by atoms with Crippen molar-refractivity contribution in [3.8, 4) is 0 Å². The summed E-state index contributed by atoms with van der Waals surface area (Å²) in [4.78, 5) is 15.4. The number of amides is 1. The number of hydrogen-bond donors (Lipinski definition) is 2. The van der Waals surface area contributed by atoms with Crippen molar-refractivity contribution >= 4 is 32.7 Å². The van der Waals surface area contributed by atoms with Gasteiger partial charge in [0.2, 0.25) is 5.91 Å². The van der Waals surface area contributed by atoms with Gasteiger partial charge in [-0.3, -0.25) is 4.79 Å². The fraction of sp³-hybridized carbons (Fsp3) is 0.471. The average molecular weight is 403 g/mol. The molecule has 2 atom stereocenters. The second kappa shape index (κ2) is 6.43. The fourth-order valence-corrected chi connectivity index (χ4v) is 3.66. The third-order valence-corrected chi connectivity index (χ3v) is 4.97. The molecule has 0 saturated carbocycles. The summed E-state index contributed by atoms with van der Waals surface area (Å²) in [5.41, 5.74) is 3.34. The lowest BCUT2D eigenvalue weighted by molar-refractivity contribution is -0.153. The lowest BCUT2D eigenvalue weighted by Crippen LogP contribution is -2.42. The Hall–Kier alpha value is -1.50. The largest absolute Gasteiger partial charge is 0.389 e. The number of hydrogen-bond acceptors (Lipinski definition) is 1. The van der Waals surface area contributed by atoms with Crippen molar-refractivity contribution in [2.24, 2.45) is 5.92 Å². The van der Waals surface area contributed by atoms with Crippen LogP contribution >= 0.6 is 15.9 Å². The van der Waals surface area contributed by atoms with Crippen LogP contribution < -0.4 is 5.32 Å². The van der Waals surface area contributed by atoms with E-state index in [1.54, 1.807) is 0 Å². The van der Waals surface area contributed by atoms with E-state index in [0.29, 0.717) is 6.42 Å². The smallest absolute Gasteiger partial charge is 0.358 e. The second-order valence-electron chi connectivity index (χ2n) is 6.44. The molecule has 1 aliphatic rings. The third-order valence-electron chi connectivity index (χ3n) is 4.48. The van der Waals surface area contributed by atoms with Crippen molar-refractivity contribution in [1.82, 2.24) is 10.3 Å². The first-order chi connectivity index (χ1) is 11.2. The van der Waals surface area contributed by atoms with Crippen molar-refractivity contribution in [2.45, 2.75) is 44.8 Å². The molecule has 1 amide bonds. The Morgan fingerprint density at radius 1 is 1.46 bits per heavy atom. The van der Waals surface area contributed by atoms with E-state index >= 15 is 0 Å². The summed E-state index contributed by atoms with van der Waals surface area (Å²) in [6.07, 6.45) is -3.27. The molecule has 1 aliphatic carbocycles. The molecular weight excluding hydrogens is 385 g/mol. The SMILES string of the molecule is CC(CC(F)(F)F)C(=O)NC1CCc2[nH]c3ccc(Br)cc3c2C1. The molecule has 0 radical (unpaired) electrons. The van der Waals surface area contributed by atoms with Crippen LogP contribution in [-0.2, 0) is 17.6 Å². The van der Waals surface area contributed by atoms with Gasteiger partial charge in [0.1, 0.15) is 0 Å². The maximum Gasteiger partial charge on any atom is 0.389 e. The molecule has 24 heavy (non-hydrogen) atoms. The van der Waals surface area contributed by atoms with E-state index in [4.69, 9.17) is 0 Å². The molecule has 2 N–H and O–H groups in total. The van der Waals surface area contributed by atoms with Crippen LogP contribution in [0.25, 0.3) is 10.9 Å². The van der Waals surface area contributed by atoms with Gasteiger partial charge >= 0.3 is 6.18 Å². The van der Waals surface area contributed by atoms with E-state index in [0.717, 1.165) is 39.5 Å². The zero-order valence-electron chi connectivity index (χ0n) is 13.1. The Balaban J connectivity index is 1.72. The van der Waals surface area contributed by atoms with Gasteiger partial charge in [-0.05, 0) is 43.0 Å². The topological polar surface area (TPSA) is 44.9 Å². The van der Waals surface area contributed by atoms with Crippen molar-refractivity contribution in [2.75, 3.05) is 0 Å². The van der Waals surface area contributed by atoms with Gasteiger partial charge in [0.25, 0.3) is 0 Å². The summed E-state index contributed by atoms with van der Waals surface area (Å²) in [7, 11) is 0. The van der Waals surface area contributed by atoms with E-state index in [9.17, 15) is 18.0 Å². The molecule has 2 unspecified atom stereocenters. The number of benzene rings is 1. The monoisotopic (exact) mass is 402 g/mol.